The topological polar surface area (TPSA) is 106 Å². The van der Waals surface area contributed by atoms with Crippen molar-refractivity contribution < 1.29 is 14.4 Å². The van der Waals surface area contributed by atoms with E-state index in [0.29, 0.717) is 23.6 Å². The van der Waals surface area contributed by atoms with Gasteiger partial charge in [0.25, 0.3) is 0 Å². The lowest BCUT2D eigenvalue weighted by atomic mass is 9.92. The number of H-pyrrole nitrogens is 1. The minimum Gasteiger partial charge on any atom is -0.465 e. The summed E-state index contributed by atoms with van der Waals surface area (Å²) in [5, 5.41) is 16.3. The van der Waals surface area contributed by atoms with Gasteiger partial charge < -0.3 is 4.74 Å². The molecule has 0 saturated heterocycles. The van der Waals surface area contributed by atoms with Gasteiger partial charge in [0.05, 0.1) is 25.8 Å². The van der Waals surface area contributed by atoms with E-state index in [9.17, 15) is 4.79 Å². The van der Waals surface area contributed by atoms with Crippen molar-refractivity contribution in [1.29, 1.82) is 0 Å². The molecule has 0 radical (unpaired) electrons. The normalized spacial score (nSPS) is 11.7. The van der Waals surface area contributed by atoms with Crippen LogP contribution in [-0.2, 0) is 16.0 Å². The summed E-state index contributed by atoms with van der Waals surface area (Å²) in [6.45, 7) is 1.97. The van der Waals surface area contributed by atoms with Gasteiger partial charge in [-0.15, -0.1) is 10.2 Å². The molecule has 4 rings (SSSR count). The van der Waals surface area contributed by atoms with E-state index in [1.807, 2.05) is 61.5 Å². The first-order chi connectivity index (χ1) is 16.1. The van der Waals surface area contributed by atoms with Crippen molar-refractivity contribution >= 4 is 11.8 Å². The van der Waals surface area contributed by atoms with Gasteiger partial charge in [0.2, 0.25) is 5.82 Å². The molecule has 0 aliphatic rings. The first-order valence-corrected chi connectivity index (χ1v) is 10.4. The van der Waals surface area contributed by atoms with Gasteiger partial charge in [0.1, 0.15) is 0 Å². The Kier molecular flexibility index (Phi) is 6.70. The zero-order valence-corrected chi connectivity index (χ0v) is 18.6. The van der Waals surface area contributed by atoms with Gasteiger partial charge in [-0.25, -0.2) is 14.8 Å². The third-order valence-electron chi connectivity index (χ3n) is 5.41. The van der Waals surface area contributed by atoms with Crippen molar-refractivity contribution in [2.24, 2.45) is 0 Å². The summed E-state index contributed by atoms with van der Waals surface area (Å²) < 4.78 is 5.01. The summed E-state index contributed by atoms with van der Waals surface area (Å²) in [6, 6.07) is 18.6. The Balaban J connectivity index is 1.88. The first-order valence-electron chi connectivity index (χ1n) is 10.4. The maximum absolute atomic E-state index is 12.5. The van der Waals surface area contributed by atoms with Crippen molar-refractivity contribution in [3.8, 4) is 11.4 Å². The Morgan fingerprint density at radius 2 is 1.85 bits per heavy atom. The fraction of sp³-hybridized carbons (Fsp3) is 0.208. The van der Waals surface area contributed by atoms with Crippen LogP contribution in [0, 0.1) is 6.92 Å². The van der Waals surface area contributed by atoms with Gasteiger partial charge in [0.15, 0.2) is 5.82 Å². The van der Waals surface area contributed by atoms with E-state index >= 15 is 0 Å². The second-order valence-corrected chi connectivity index (χ2v) is 7.34. The van der Waals surface area contributed by atoms with Crippen LogP contribution in [0.4, 0.5) is 5.82 Å². The number of benzene rings is 2. The average Bonchev–Trinajstić information content (AvgIpc) is 3.40. The molecule has 0 aliphatic heterocycles. The number of methoxy groups -OCH3 is 1. The van der Waals surface area contributed by atoms with Crippen LogP contribution in [0.1, 0.15) is 33.1 Å². The van der Waals surface area contributed by atoms with Gasteiger partial charge in [0, 0.05) is 18.2 Å². The van der Waals surface area contributed by atoms with Crippen LogP contribution in [0.15, 0.2) is 66.9 Å². The molecule has 0 fully saturated rings. The Bertz CT molecular complexity index is 1230. The molecule has 2 aromatic heterocycles. The lowest BCUT2D eigenvalue weighted by molar-refractivity contribution is 0.0598. The third-order valence-corrected chi connectivity index (χ3v) is 5.41. The number of carbonyl (C=O) groups is 1. The van der Waals surface area contributed by atoms with Gasteiger partial charge in [-0.1, -0.05) is 48.5 Å². The van der Waals surface area contributed by atoms with Crippen molar-refractivity contribution in [2.45, 2.75) is 19.4 Å². The summed E-state index contributed by atoms with van der Waals surface area (Å²) in [5.74, 6) is 0.739. The Labute approximate surface area is 191 Å². The number of hydrogen-bond donors (Lipinski definition) is 1. The van der Waals surface area contributed by atoms with Crippen molar-refractivity contribution in [3.05, 3.63) is 89.1 Å². The lowest BCUT2D eigenvalue weighted by Crippen LogP contribution is -2.31. The van der Waals surface area contributed by atoms with Crippen LogP contribution < -0.4 is 5.06 Å². The predicted octanol–water partition coefficient (Wildman–Crippen LogP) is 3.71. The summed E-state index contributed by atoms with van der Waals surface area (Å²) in [4.78, 5) is 22.9. The minimum absolute atomic E-state index is 0.371. The number of rotatable bonds is 8. The monoisotopic (exact) mass is 444 g/mol. The average molecular weight is 444 g/mol. The number of aromatic nitrogens is 5. The number of anilines is 1. The first kappa shape index (κ1) is 22.1. The number of esters is 1. The molecule has 168 valence electrons. The van der Waals surface area contributed by atoms with E-state index in [2.05, 4.69) is 25.6 Å². The van der Waals surface area contributed by atoms with E-state index in [4.69, 9.17) is 9.57 Å². The number of hydroxylamine groups is 1. The van der Waals surface area contributed by atoms with E-state index in [1.165, 1.54) is 7.11 Å². The molecule has 9 nitrogen and oxygen atoms in total. The number of nitrogens with zero attached hydrogens (tertiary/aromatic N) is 5. The number of hydrogen-bond acceptors (Lipinski definition) is 8. The summed E-state index contributed by atoms with van der Waals surface area (Å²) in [5.41, 5.74) is 3.94. The number of carbonyl (C=O) groups excluding carboxylic acids is 1. The molecule has 1 unspecified atom stereocenters. The van der Waals surface area contributed by atoms with Crippen LogP contribution in [0.25, 0.3) is 11.4 Å². The lowest BCUT2D eigenvalue weighted by Gasteiger charge is -2.33. The van der Waals surface area contributed by atoms with Gasteiger partial charge in [-0.05, 0) is 41.0 Å². The number of tetrazole rings is 1. The van der Waals surface area contributed by atoms with Crippen molar-refractivity contribution in [3.63, 3.8) is 0 Å². The minimum atomic E-state index is -0.395. The Hall–Kier alpha value is -4.11. The maximum Gasteiger partial charge on any atom is 0.338 e. The Morgan fingerprint density at radius 1 is 1.06 bits per heavy atom. The maximum atomic E-state index is 12.5. The number of aryl methyl sites for hydroxylation is 1. The van der Waals surface area contributed by atoms with Crippen molar-refractivity contribution in [1.82, 2.24) is 25.6 Å². The standard InChI is InChI=1S/C24H24N6O3/c1-16-9-8-14-25-23(16)30(33-3)21(15-17-10-4-5-11-18(17)24(31)32-2)19-12-6-7-13-20(19)22-26-28-29-27-22/h4-14,21H,15H2,1-3H3,(H,26,27,28,29). The van der Waals surface area contributed by atoms with Crippen LogP contribution in [0.5, 0.6) is 0 Å². The van der Waals surface area contributed by atoms with E-state index in [0.717, 1.165) is 22.3 Å². The number of aromatic amines is 1. The second-order valence-electron chi connectivity index (χ2n) is 7.34. The Morgan fingerprint density at radius 3 is 2.58 bits per heavy atom. The molecule has 0 spiro atoms. The number of pyridine rings is 1. The van der Waals surface area contributed by atoms with Crippen LogP contribution in [-0.4, -0.2) is 45.8 Å². The molecule has 0 amide bonds. The summed E-state index contributed by atoms with van der Waals surface area (Å²) in [7, 11) is 2.98. The fourth-order valence-corrected chi connectivity index (χ4v) is 3.87. The SMILES string of the molecule is COC(=O)c1ccccc1CC(c1ccccc1-c1nn[nH]n1)N(OC)c1ncccc1C. The summed E-state index contributed by atoms with van der Waals surface area (Å²) >= 11 is 0. The molecule has 9 heteroatoms. The molecule has 2 heterocycles. The molecule has 0 bridgehead atoms. The highest BCUT2D eigenvalue weighted by Gasteiger charge is 2.29. The van der Waals surface area contributed by atoms with Crippen LogP contribution >= 0.6 is 0 Å². The molecule has 33 heavy (non-hydrogen) atoms. The molecule has 1 atom stereocenters. The highest BCUT2D eigenvalue weighted by atomic mass is 16.7. The highest BCUT2D eigenvalue weighted by Crippen LogP contribution is 2.36. The van der Waals surface area contributed by atoms with Crippen molar-refractivity contribution in [2.75, 3.05) is 19.3 Å². The largest absolute Gasteiger partial charge is 0.465 e. The smallest absolute Gasteiger partial charge is 0.338 e. The van der Waals surface area contributed by atoms with E-state index in [-0.39, 0.29) is 6.04 Å². The van der Waals surface area contributed by atoms with Gasteiger partial charge in [-0.3, -0.25) is 4.84 Å². The van der Waals surface area contributed by atoms with E-state index in [1.54, 1.807) is 24.4 Å². The van der Waals surface area contributed by atoms with E-state index < -0.39 is 5.97 Å². The second kappa shape index (κ2) is 10.0. The highest BCUT2D eigenvalue weighted by molar-refractivity contribution is 5.91. The molecule has 4 aromatic rings. The fourth-order valence-electron chi connectivity index (χ4n) is 3.87. The van der Waals surface area contributed by atoms with Crippen LogP contribution in [0.2, 0.25) is 0 Å². The third kappa shape index (κ3) is 4.58. The van der Waals surface area contributed by atoms with Gasteiger partial charge >= 0.3 is 5.97 Å². The van der Waals surface area contributed by atoms with Crippen LogP contribution in [0.3, 0.4) is 0 Å². The summed E-state index contributed by atoms with van der Waals surface area (Å²) in [6.07, 6.45) is 2.16. The molecular formula is C24H24N6O3. The number of ether oxygens (including phenoxy) is 1. The zero-order valence-electron chi connectivity index (χ0n) is 18.6. The predicted molar refractivity (Wildman–Crippen MR) is 122 cm³/mol. The quantitative estimate of drug-likeness (QED) is 0.324. The molecule has 0 saturated carbocycles. The molecule has 0 aliphatic carbocycles. The molecule has 2 aromatic carbocycles. The zero-order chi connectivity index (χ0) is 23.2. The molecule has 1 N–H and O–H groups in total. The molecular weight excluding hydrogens is 420 g/mol. The van der Waals surface area contributed by atoms with Gasteiger partial charge in [-0.2, -0.15) is 5.21 Å². The number of nitrogens with one attached hydrogen (secondary N) is 1.